The molecule has 0 fully saturated rings. The van der Waals surface area contributed by atoms with Crippen LogP contribution in [0.1, 0.15) is 20.8 Å². The predicted molar refractivity (Wildman–Crippen MR) is 56.7 cm³/mol. The van der Waals surface area contributed by atoms with E-state index in [9.17, 15) is 4.79 Å². The summed E-state index contributed by atoms with van der Waals surface area (Å²) in [5, 5.41) is 1.90. The van der Waals surface area contributed by atoms with E-state index in [4.69, 9.17) is 0 Å². The molecule has 0 spiro atoms. The summed E-state index contributed by atoms with van der Waals surface area (Å²) in [6.07, 6.45) is 3.32. The second kappa shape index (κ2) is 3.72. The van der Waals surface area contributed by atoms with Crippen LogP contribution in [0.2, 0.25) is 0 Å². The predicted octanol–water partition coefficient (Wildman–Crippen LogP) is 2.68. The molecule has 2 aromatic heterocycles. The van der Waals surface area contributed by atoms with Crippen LogP contribution in [-0.4, -0.2) is 10.8 Å². The molecule has 0 aliphatic heterocycles. The van der Waals surface area contributed by atoms with Gasteiger partial charge in [0.25, 0.3) is 0 Å². The first-order valence-corrected chi connectivity index (χ1v) is 5.16. The largest absolute Gasteiger partial charge is 0.288 e. The van der Waals surface area contributed by atoms with Gasteiger partial charge in [0.15, 0.2) is 0 Å². The van der Waals surface area contributed by atoms with Gasteiger partial charge < -0.3 is 0 Å². The number of carbonyl (C=O) groups excluding carboxylic acids is 1. The van der Waals surface area contributed by atoms with Crippen molar-refractivity contribution in [2.45, 2.75) is 6.92 Å². The molecule has 0 atom stereocenters. The highest BCUT2D eigenvalue weighted by atomic mass is 32.1. The molecule has 0 saturated carbocycles. The van der Waals surface area contributed by atoms with Crippen LogP contribution < -0.4 is 0 Å². The van der Waals surface area contributed by atoms with Crippen molar-refractivity contribution < 1.29 is 4.79 Å². The number of aryl methyl sites for hydroxylation is 1. The Kier molecular flexibility index (Phi) is 2.41. The maximum Gasteiger partial charge on any atom is 0.204 e. The Hall–Kier alpha value is -1.48. The van der Waals surface area contributed by atoms with Crippen LogP contribution in [0.25, 0.3) is 0 Å². The minimum Gasteiger partial charge on any atom is -0.288 e. The molecule has 0 saturated heterocycles. The van der Waals surface area contributed by atoms with Crippen molar-refractivity contribution >= 4 is 17.1 Å². The van der Waals surface area contributed by atoms with Crippen LogP contribution in [0.4, 0.5) is 0 Å². The summed E-state index contributed by atoms with van der Waals surface area (Å²) in [6, 6.07) is 5.56. The fraction of sp³-hybridized carbons (Fsp3) is 0.0909. The van der Waals surface area contributed by atoms with E-state index in [0.717, 1.165) is 10.4 Å². The van der Waals surface area contributed by atoms with E-state index in [2.05, 4.69) is 4.98 Å². The van der Waals surface area contributed by atoms with Crippen LogP contribution in [0.15, 0.2) is 36.0 Å². The Morgan fingerprint density at radius 2 is 2.29 bits per heavy atom. The van der Waals surface area contributed by atoms with E-state index in [1.165, 1.54) is 11.3 Å². The van der Waals surface area contributed by atoms with Crippen molar-refractivity contribution in [1.29, 1.82) is 0 Å². The standard InChI is InChI=1S/C11H9NOS/c1-8-4-5-12-7-9(8)11(13)10-3-2-6-14-10/h2-7H,1H3. The lowest BCUT2D eigenvalue weighted by Gasteiger charge is -2.00. The van der Waals surface area contributed by atoms with Gasteiger partial charge in [-0.05, 0) is 30.0 Å². The monoisotopic (exact) mass is 203 g/mol. The number of rotatable bonds is 2. The maximum atomic E-state index is 11.9. The summed E-state index contributed by atoms with van der Waals surface area (Å²) in [4.78, 5) is 16.6. The summed E-state index contributed by atoms with van der Waals surface area (Å²) in [7, 11) is 0. The van der Waals surface area contributed by atoms with E-state index >= 15 is 0 Å². The zero-order valence-corrected chi connectivity index (χ0v) is 8.54. The summed E-state index contributed by atoms with van der Waals surface area (Å²) < 4.78 is 0. The third-order valence-corrected chi connectivity index (χ3v) is 2.90. The molecule has 0 unspecified atom stereocenters. The molecule has 0 N–H and O–H groups in total. The average Bonchev–Trinajstić information content (AvgIpc) is 2.70. The maximum absolute atomic E-state index is 11.9. The van der Waals surface area contributed by atoms with Crippen LogP contribution in [0.3, 0.4) is 0 Å². The minimum absolute atomic E-state index is 0.0607. The van der Waals surface area contributed by atoms with Gasteiger partial charge in [-0.3, -0.25) is 9.78 Å². The number of hydrogen-bond acceptors (Lipinski definition) is 3. The van der Waals surface area contributed by atoms with E-state index < -0.39 is 0 Å². The van der Waals surface area contributed by atoms with Crippen molar-refractivity contribution in [3.63, 3.8) is 0 Å². The Morgan fingerprint density at radius 1 is 1.43 bits per heavy atom. The smallest absolute Gasteiger partial charge is 0.204 e. The number of aromatic nitrogens is 1. The van der Waals surface area contributed by atoms with E-state index in [1.807, 2.05) is 30.5 Å². The van der Waals surface area contributed by atoms with Crippen molar-refractivity contribution in [3.05, 3.63) is 52.0 Å². The van der Waals surface area contributed by atoms with E-state index in [1.54, 1.807) is 12.4 Å². The number of pyridine rings is 1. The molecule has 70 valence electrons. The molecule has 0 aliphatic carbocycles. The van der Waals surface area contributed by atoms with E-state index in [0.29, 0.717) is 5.56 Å². The van der Waals surface area contributed by atoms with Gasteiger partial charge in [0.2, 0.25) is 5.78 Å². The fourth-order valence-electron chi connectivity index (χ4n) is 1.24. The lowest BCUT2D eigenvalue weighted by Crippen LogP contribution is -2.01. The molecule has 3 heteroatoms. The lowest BCUT2D eigenvalue weighted by molar-refractivity contribution is 0.104. The molecule has 0 aromatic carbocycles. The quantitative estimate of drug-likeness (QED) is 0.702. The first-order chi connectivity index (χ1) is 6.79. The number of carbonyl (C=O) groups is 1. The van der Waals surface area contributed by atoms with E-state index in [-0.39, 0.29) is 5.78 Å². The highest BCUT2D eigenvalue weighted by Gasteiger charge is 2.11. The molecule has 2 aromatic rings. The summed E-state index contributed by atoms with van der Waals surface area (Å²) in [6.45, 7) is 1.92. The van der Waals surface area contributed by atoms with Crippen LogP contribution in [0.5, 0.6) is 0 Å². The Morgan fingerprint density at radius 3 is 2.93 bits per heavy atom. The minimum atomic E-state index is 0.0607. The van der Waals surface area contributed by atoms with Gasteiger partial charge >= 0.3 is 0 Å². The zero-order chi connectivity index (χ0) is 9.97. The number of thiophene rings is 1. The van der Waals surface area contributed by atoms with Crippen LogP contribution in [-0.2, 0) is 0 Å². The van der Waals surface area contributed by atoms with Gasteiger partial charge in [-0.25, -0.2) is 0 Å². The Labute approximate surface area is 86.2 Å². The topological polar surface area (TPSA) is 30.0 Å². The molecule has 2 rings (SSSR count). The molecule has 0 aliphatic rings. The first kappa shape index (κ1) is 9.09. The normalized spacial score (nSPS) is 10.1. The van der Waals surface area contributed by atoms with Crippen molar-refractivity contribution in [2.24, 2.45) is 0 Å². The molecular formula is C11H9NOS. The second-order valence-electron chi connectivity index (χ2n) is 3.00. The van der Waals surface area contributed by atoms with Gasteiger partial charge in [0.05, 0.1) is 4.88 Å². The molecule has 2 nitrogen and oxygen atoms in total. The SMILES string of the molecule is Cc1ccncc1C(=O)c1cccs1. The Balaban J connectivity index is 2.42. The van der Waals surface area contributed by atoms with Gasteiger partial charge in [-0.15, -0.1) is 11.3 Å². The third kappa shape index (κ3) is 1.59. The van der Waals surface area contributed by atoms with Crippen molar-refractivity contribution in [2.75, 3.05) is 0 Å². The third-order valence-electron chi connectivity index (χ3n) is 2.03. The van der Waals surface area contributed by atoms with Gasteiger partial charge in [-0.1, -0.05) is 6.07 Å². The summed E-state index contributed by atoms with van der Waals surface area (Å²) >= 11 is 1.46. The molecule has 0 radical (unpaired) electrons. The molecule has 0 amide bonds. The molecule has 14 heavy (non-hydrogen) atoms. The van der Waals surface area contributed by atoms with Gasteiger partial charge in [0.1, 0.15) is 0 Å². The summed E-state index contributed by atoms with van der Waals surface area (Å²) in [5.74, 6) is 0.0607. The number of hydrogen-bond donors (Lipinski definition) is 0. The van der Waals surface area contributed by atoms with Crippen molar-refractivity contribution in [3.8, 4) is 0 Å². The van der Waals surface area contributed by atoms with Crippen molar-refractivity contribution in [1.82, 2.24) is 4.98 Å². The van der Waals surface area contributed by atoms with Crippen LogP contribution in [0, 0.1) is 6.92 Å². The average molecular weight is 203 g/mol. The lowest BCUT2D eigenvalue weighted by atomic mass is 10.1. The number of ketones is 1. The second-order valence-corrected chi connectivity index (χ2v) is 3.94. The Bertz CT molecular complexity index is 448. The number of nitrogens with zero attached hydrogens (tertiary/aromatic N) is 1. The highest BCUT2D eigenvalue weighted by molar-refractivity contribution is 7.12. The molecule has 0 bridgehead atoms. The molecular weight excluding hydrogens is 194 g/mol. The molecule has 2 heterocycles. The highest BCUT2D eigenvalue weighted by Crippen LogP contribution is 2.16. The first-order valence-electron chi connectivity index (χ1n) is 4.28. The van der Waals surface area contributed by atoms with Crippen LogP contribution >= 0.6 is 11.3 Å². The zero-order valence-electron chi connectivity index (χ0n) is 7.73. The summed E-state index contributed by atoms with van der Waals surface area (Å²) in [5.41, 5.74) is 1.66. The van der Waals surface area contributed by atoms with Gasteiger partial charge in [-0.2, -0.15) is 0 Å². The fourth-order valence-corrected chi connectivity index (χ4v) is 1.92. The van der Waals surface area contributed by atoms with Gasteiger partial charge in [0, 0.05) is 18.0 Å².